The van der Waals surface area contributed by atoms with Crippen LogP contribution >= 0.6 is 15.9 Å². The lowest BCUT2D eigenvalue weighted by Crippen LogP contribution is -2.45. The second kappa shape index (κ2) is 12.3. The van der Waals surface area contributed by atoms with Gasteiger partial charge in [0, 0.05) is 13.1 Å². The number of nitrogens with zero attached hydrogens (tertiary/aromatic N) is 1. The zero-order valence-electron chi connectivity index (χ0n) is 14.5. The first-order valence-corrected chi connectivity index (χ1v) is 8.24. The van der Waals surface area contributed by atoms with Crippen LogP contribution in [0.25, 0.3) is 0 Å². The van der Waals surface area contributed by atoms with Crippen molar-refractivity contribution < 1.29 is 23.8 Å². The standard InChI is InChI=1S/C13H23BBrN5O5/c1-13(2,15)12(24)18-4-3-17-10(22)6-20-11(23)7-19-9(21)5-16-8-25-14/h8H,3-7,14H2,1-2H3,(H,17,22)(H,18,24)(H,19,21)(H,20,23). The fraction of sp³-hybridized carbons (Fsp3) is 0.615. The van der Waals surface area contributed by atoms with E-state index in [0.29, 0.717) is 0 Å². The fourth-order valence-corrected chi connectivity index (χ4v) is 1.46. The van der Waals surface area contributed by atoms with E-state index in [-0.39, 0.29) is 38.6 Å². The van der Waals surface area contributed by atoms with Gasteiger partial charge in [0.2, 0.25) is 23.6 Å². The Bertz CT molecular complexity index is 510. The number of alkyl halides is 1. The normalized spacial score (nSPS) is 10.8. The van der Waals surface area contributed by atoms with E-state index in [1.807, 2.05) is 0 Å². The van der Waals surface area contributed by atoms with Crippen LogP contribution in [0.15, 0.2) is 4.99 Å². The van der Waals surface area contributed by atoms with Crippen LogP contribution in [-0.2, 0) is 23.8 Å². The molecule has 0 bridgehead atoms. The highest BCUT2D eigenvalue weighted by molar-refractivity contribution is 9.10. The third kappa shape index (κ3) is 12.9. The molecule has 0 rings (SSSR count). The summed E-state index contributed by atoms with van der Waals surface area (Å²) in [6.45, 7) is 3.28. The molecule has 0 atom stereocenters. The quantitative estimate of drug-likeness (QED) is 0.0943. The fourth-order valence-electron chi connectivity index (χ4n) is 1.32. The Labute approximate surface area is 155 Å². The number of aliphatic imine (C=N–C) groups is 1. The monoisotopic (exact) mass is 419 g/mol. The summed E-state index contributed by atoms with van der Waals surface area (Å²) >= 11 is 3.22. The van der Waals surface area contributed by atoms with Crippen LogP contribution in [-0.4, -0.2) is 75.1 Å². The molecule has 0 aromatic rings. The molecule has 0 unspecified atom stereocenters. The van der Waals surface area contributed by atoms with Gasteiger partial charge in [-0.05, 0) is 13.8 Å². The summed E-state index contributed by atoms with van der Waals surface area (Å²) in [5.41, 5.74) is 0. The lowest BCUT2D eigenvalue weighted by atomic mass is 10.2. The van der Waals surface area contributed by atoms with Gasteiger partial charge in [0.05, 0.1) is 17.4 Å². The van der Waals surface area contributed by atoms with Crippen LogP contribution in [0.2, 0.25) is 0 Å². The third-order valence-corrected chi connectivity index (χ3v) is 2.94. The minimum atomic E-state index is -0.676. The molecule has 0 saturated carbocycles. The van der Waals surface area contributed by atoms with Gasteiger partial charge in [-0.1, -0.05) is 15.9 Å². The summed E-state index contributed by atoms with van der Waals surface area (Å²) in [5.74, 6) is -1.55. The molecule has 4 amide bonds. The number of hydrogen-bond acceptors (Lipinski definition) is 6. The van der Waals surface area contributed by atoms with Crippen LogP contribution in [0.4, 0.5) is 0 Å². The average molecular weight is 420 g/mol. The van der Waals surface area contributed by atoms with Crippen LogP contribution in [0.3, 0.4) is 0 Å². The smallest absolute Gasteiger partial charge is 0.323 e. The largest absolute Gasteiger partial charge is 0.560 e. The van der Waals surface area contributed by atoms with Gasteiger partial charge >= 0.3 is 8.05 Å². The topological polar surface area (TPSA) is 138 Å². The first-order chi connectivity index (χ1) is 11.7. The lowest BCUT2D eigenvalue weighted by Gasteiger charge is -2.15. The van der Waals surface area contributed by atoms with Crippen LogP contribution in [0.5, 0.6) is 0 Å². The van der Waals surface area contributed by atoms with E-state index in [2.05, 4.69) is 46.8 Å². The second-order valence-corrected chi connectivity index (χ2v) is 7.30. The minimum absolute atomic E-state index is 0.154. The Morgan fingerprint density at radius 1 is 1.00 bits per heavy atom. The summed E-state index contributed by atoms with van der Waals surface area (Å²) in [5, 5.41) is 9.88. The molecule has 0 aliphatic heterocycles. The molecule has 10 nitrogen and oxygen atoms in total. The van der Waals surface area contributed by atoms with Crippen molar-refractivity contribution in [2.45, 2.75) is 18.2 Å². The number of amides is 4. The molecule has 0 aliphatic rings. The second-order valence-electron chi connectivity index (χ2n) is 5.31. The van der Waals surface area contributed by atoms with Crippen LogP contribution in [0, 0.1) is 0 Å². The van der Waals surface area contributed by atoms with E-state index in [1.54, 1.807) is 13.8 Å². The van der Waals surface area contributed by atoms with Crippen molar-refractivity contribution in [1.82, 2.24) is 21.3 Å². The van der Waals surface area contributed by atoms with Gasteiger partial charge in [0.25, 0.3) is 0 Å². The molecule has 0 aromatic carbocycles. The van der Waals surface area contributed by atoms with Crippen molar-refractivity contribution in [1.29, 1.82) is 0 Å². The molecule has 4 N–H and O–H groups in total. The summed E-state index contributed by atoms with van der Waals surface area (Å²) in [6.07, 6.45) is 1.12. The number of carbonyl (C=O) groups excluding carboxylic acids is 4. The first kappa shape index (κ1) is 22.9. The van der Waals surface area contributed by atoms with E-state index in [0.717, 1.165) is 6.40 Å². The van der Waals surface area contributed by atoms with Gasteiger partial charge < -0.3 is 25.9 Å². The zero-order valence-corrected chi connectivity index (χ0v) is 16.1. The predicted molar refractivity (Wildman–Crippen MR) is 98.0 cm³/mol. The summed E-state index contributed by atoms with van der Waals surface area (Å²) in [7, 11) is 1.40. The molecule has 0 spiro atoms. The molecule has 0 aliphatic carbocycles. The van der Waals surface area contributed by atoms with Gasteiger partial charge in [-0.25, -0.2) is 0 Å². The summed E-state index contributed by atoms with van der Waals surface area (Å²) in [6, 6.07) is 0. The summed E-state index contributed by atoms with van der Waals surface area (Å²) in [4.78, 5) is 49.5. The van der Waals surface area contributed by atoms with E-state index >= 15 is 0 Å². The maximum absolute atomic E-state index is 11.6. The molecular weight excluding hydrogens is 397 g/mol. The predicted octanol–water partition coefficient (Wildman–Crippen LogP) is -2.78. The number of hydrogen-bond donors (Lipinski definition) is 4. The zero-order chi connectivity index (χ0) is 19.3. The molecular formula is C13H23BBrN5O5. The Morgan fingerprint density at radius 3 is 2.08 bits per heavy atom. The Kier molecular flexibility index (Phi) is 11.3. The highest BCUT2D eigenvalue weighted by Crippen LogP contribution is 2.14. The summed E-state index contributed by atoms with van der Waals surface area (Å²) < 4.78 is 3.86. The maximum atomic E-state index is 11.6. The number of rotatable bonds is 11. The molecule has 0 aromatic heterocycles. The molecule has 0 heterocycles. The van der Waals surface area contributed by atoms with Crippen LogP contribution < -0.4 is 21.3 Å². The van der Waals surface area contributed by atoms with Crippen molar-refractivity contribution in [3.05, 3.63) is 0 Å². The van der Waals surface area contributed by atoms with Crippen molar-refractivity contribution >= 4 is 54.0 Å². The van der Waals surface area contributed by atoms with Gasteiger partial charge in [-0.15, -0.1) is 0 Å². The Balaban J connectivity index is 3.77. The molecule has 0 saturated heterocycles. The Hall–Kier alpha value is -2.11. The Morgan fingerprint density at radius 2 is 1.52 bits per heavy atom. The van der Waals surface area contributed by atoms with Crippen molar-refractivity contribution in [3.63, 3.8) is 0 Å². The van der Waals surface area contributed by atoms with Gasteiger partial charge in [0.15, 0.2) is 6.40 Å². The van der Waals surface area contributed by atoms with E-state index in [1.165, 1.54) is 8.05 Å². The molecule has 140 valence electrons. The van der Waals surface area contributed by atoms with Gasteiger partial charge in [0.1, 0.15) is 6.54 Å². The minimum Gasteiger partial charge on any atom is -0.560 e. The average Bonchev–Trinajstić information content (AvgIpc) is 2.54. The highest BCUT2D eigenvalue weighted by Gasteiger charge is 2.22. The van der Waals surface area contributed by atoms with E-state index in [9.17, 15) is 19.2 Å². The van der Waals surface area contributed by atoms with Crippen molar-refractivity contribution in [3.8, 4) is 0 Å². The first-order valence-electron chi connectivity index (χ1n) is 7.45. The van der Waals surface area contributed by atoms with Crippen molar-refractivity contribution in [2.75, 3.05) is 32.7 Å². The van der Waals surface area contributed by atoms with E-state index in [4.69, 9.17) is 0 Å². The van der Waals surface area contributed by atoms with Gasteiger partial charge in [-0.3, -0.25) is 24.2 Å². The van der Waals surface area contributed by atoms with Crippen molar-refractivity contribution in [2.24, 2.45) is 4.99 Å². The number of carbonyl (C=O) groups is 4. The van der Waals surface area contributed by atoms with Crippen LogP contribution in [0.1, 0.15) is 13.8 Å². The van der Waals surface area contributed by atoms with E-state index < -0.39 is 22.0 Å². The lowest BCUT2D eigenvalue weighted by molar-refractivity contribution is -0.127. The van der Waals surface area contributed by atoms with Gasteiger partial charge in [-0.2, -0.15) is 0 Å². The molecule has 0 radical (unpaired) electrons. The third-order valence-electron chi connectivity index (χ3n) is 2.58. The SMILES string of the molecule is BOC=NCC(=O)NCC(=O)NCC(=O)NCCNC(=O)C(C)(C)Br. The highest BCUT2D eigenvalue weighted by atomic mass is 79.9. The molecule has 12 heteroatoms. The molecule has 0 fully saturated rings. The molecule has 25 heavy (non-hydrogen) atoms. The number of halogens is 1. The maximum Gasteiger partial charge on any atom is 0.323 e. The number of nitrogens with one attached hydrogen (secondary N) is 4.